The van der Waals surface area contributed by atoms with Crippen molar-refractivity contribution in [1.82, 2.24) is 4.98 Å². The molecule has 5 nitrogen and oxygen atoms in total. The number of sulfonamides is 1. The molecule has 2 aromatic carbocycles. The van der Waals surface area contributed by atoms with Crippen molar-refractivity contribution in [3.8, 4) is 11.3 Å². The Bertz CT molecular complexity index is 1010. The second kappa shape index (κ2) is 6.16. The molecule has 0 aliphatic carbocycles. The summed E-state index contributed by atoms with van der Waals surface area (Å²) in [5.74, 6) is 0. The van der Waals surface area contributed by atoms with Crippen LogP contribution in [0.3, 0.4) is 0 Å². The first-order chi connectivity index (χ1) is 12.1. The quantitative estimate of drug-likeness (QED) is 0.761. The normalized spacial score (nSPS) is 13.7. The van der Waals surface area contributed by atoms with Gasteiger partial charge in [-0.05, 0) is 36.2 Å². The minimum atomic E-state index is -3.52. The molecule has 0 saturated heterocycles. The number of aromatic nitrogens is 1. The summed E-state index contributed by atoms with van der Waals surface area (Å²) in [5, 5.41) is 5.90. The van der Waals surface area contributed by atoms with Crippen LogP contribution in [-0.2, 0) is 16.4 Å². The molecule has 25 heavy (non-hydrogen) atoms. The largest absolute Gasteiger partial charge is 0.365 e. The first kappa shape index (κ1) is 16.1. The number of rotatable bonds is 4. The number of nitrogens with one attached hydrogen (secondary N) is 1. The third kappa shape index (κ3) is 2.79. The van der Waals surface area contributed by atoms with Crippen molar-refractivity contribution < 1.29 is 8.42 Å². The Kier molecular flexibility index (Phi) is 3.97. The Labute approximate surface area is 151 Å². The molecular weight excluding hydrogens is 354 g/mol. The van der Waals surface area contributed by atoms with Gasteiger partial charge in [-0.3, -0.25) is 4.31 Å². The highest BCUT2D eigenvalue weighted by molar-refractivity contribution is 7.92. The van der Waals surface area contributed by atoms with E-state index in [1.165, 1.54) is 4.31 Å². The number of thiazole rings is 1. The van der Waals surface area contributed by atoms with Crippen molar-refractivity contribution in [2.24, 2.45) is 0 Å². The molecule has 4 rings (SSSR count). The van der Waals surface area contributed by atoms with Crippen LogP contribution in [0.1, 0.15) is 5.56 Å². The number of anilines is 2. The maximum Gasteiger partial charge on any atom is 0.264 e. The van der Waals surface area contributed by atoms with Gasteiger partial charge in [0, 0.05) is 24.5 Å². The minimum Gasteiger partial charge on any atom is -0.365 e. The molecule has 0 bridgehead atoms. The third-order valence-electron chi connectivity index (χ3n) is 4.28. The van der Waals surface area contributed by atoms with Crippen LogP contribution in [0.2, 0.25) is 0 Å². The van der Waals surface area contributed by atoms with E-state index in [9.17, 15) is 8.42 Å². The van der Waals surface area contributed by atoms with Crippen molar-refractivity contribution in [1.29, 1.82) is 0 Å². The van der Waals surface area contributed by atoms with Crippen molar-refractivity contribution in [3.63, 3.8) is 0 Å². The molecule has 1 N–H and O–H groups in total. The Morgan fingerprint density at radius 2 is 1.96 bits per heavy atom. The summed E-state index contributed by atoms with van der Waals surface area (Å²) in [6.07, 6.45) is 0.707. The first-order valence-corrected chi connectivity index (χ1v) is 10.3. The zero-order valence-electron chi connectivity index (χ0n) is 13.6. The lowest BCUT2D eigenvalue weighted by molar-refractivity contribution is 0.592. The fraction of sp³-hybridized carbons (Fsp3) is 0.167. The summed E-state index contributed by atoms with van der Waals surface area (Å²) in [7, 11) is -1.67. The maximum atomic E-state index is 12.9. The highest BCUT2D eigenvalue weighted by Gasteiger charge is 2.30. The SMILES string of the molecule is CNc1nc(-c2ccc3c(c2)CCN3S(=O)(=O)c2ccccc2)cs1. The lowest BCUT2D eigenvalue weighted by atomic mass is 10.1. The van der Waals surface area contributed by atoms with Crippen LogP contribution in [0.25, 0.3) is 11.3 Å². The van der Waals surface area contributed by atoms with Crippen molar-refractivity contribution in [2.75, 3.05) is 23.2 Å². The Balaban J connectivity index is 1.70. The van der Waals surface area contributed by atoms with E-state index < -0.39 is 10.0 Å². The minimum absolute atomic E-state index is 0.324. The van der Waals surface area contributed by atoms with E-state index in [1.54, 1.807) is 35.6 Å². The van der Waals surface area contributed by atoms with Crippen molar-refractivity contribution in [3.05, 3.63) is 59.5 Å². The molecule has 2 heterocycles. The van der Waals surface area contributed by atoms with Crippen molar-refractivity contribution >= 4 is 32.2 Å². The average Bonchev–Trinajstić information content (AvgIpc) is 3.29. The van der Waals surface area contributed by atoms with E-state index in [0.29, 0.717) is 17.9 Å². The molecule has 3 aromatic rings. The second-order valence-electron chi connectivity index (χ2n) is 5.77. The van der Waals surface area contributed by atoms with Gasteiger partial charge >= 0.3 is 0 Å². The average molecular weight is 371 g/mol. The summed E-state index contributed by atoms with van der Waals surface area (Å²) in [6, 6.07) is 14.4. The van der Waals surface area contributed by atoms with Crippen molar-refractivity contribution in [2.45, 2.75) is 11.3 Å². The smallest absolute Gasteiger partial charge is 0.264 e. The van der Waals surface area contributed by atoms with Crippen LogP contribution in [0.15, 0.2) is 58.8 Å². The molecule has 0 radical (unpaired) electrons. The summed E-state index contributed by atoms with van der Waals surface area (Å²) >= 11 is 1.55. The number of nitrogens with zero attached hydrogens (tertiary/aromatic N) is 2. The molecule has 0 unspecified atom stereocenters. The fourth-order valence-electron chi connectivity index (χ4n) is 3.02. The summed E-state index contributed by atoms with van der Waals surface area (Å²) < 4.78 is 27.3. The van der Waals surface area contributed by atoms with E-state index in [2.05, 4.69) is 10.3 Å². The van der Waals surface area contributed by atoms with Gasteiger partial charge in [0.1, 0.15) is 0 Å². The molecule has 0 spiro atoms. The van der Waals surface area contributed by atoms with Gasteiger partial charge < -0.3 is 5.32 Å². The second-order valence-corrected chi connectivity index (χ2v) is 8.49. The van der Waals surface area contributed by atoms with E-state index in [-0.39, 0.29) is 0 Å². The Hall–Kier alpha value is -2.38. The van der Waals surface area contributed by atoms with Gasteiger partial charge in [-0.15, -0.1) is 11.3 Å². The highest BCUT2D eigenvalue weighted by Crippen LogP contribution is 2.36. The van der Waals surface area contributed by atoms with Crippen LogP contribution in [0.4, 0.5) is 10.8 Å². The highest BCUT2D eigenvalue weighted by atomic mass is 32.2. The number of hydrogen-bond donors (Lipinski definition) is 1. The standard InChI is InChI=1S/C18H17N3O2S2/c1-19-18-20-16(12-24-18)13-7-8-17-14(11-13)9-10-21(17)25(22,23)15-5-3-2-4-6-15/h2-8,11-12H,9-10H2,1H3,(H,19,20). The summed E-state index contributed by atoms with van der Waals surface area (Å²) in [4.78, 5) is 4.84. The van der Waals surface area contributed by atoms with Crippen LogP contribution in [0, 0.1) is 0 Å². The molecule has 0 saturated carbocycles. The number of benzene rings is 2. The van der Waals surface area contributed by atoms with Gasteiger partial charge in [0.2, 0.25) is 0 Å². The molecule has 0 amide bonds. The molecule has 1 aliphatic rings. The summed E-state index contributed by atoms with van der Waals surface area (Å²) in [5.41, 5.74) is 3.71. The van der Waals surface area contributed by atoms with Gasteiger partial charge in [0.25, 0.3) is 10.0 Å². The van der Waals surface area contributed by atoms with Crippen LogP contribution >= 0.6 is 11.3 Å². The molecule has 7 heteroatoms. The zero-order valence-corrected chi connectivity index (χ0v) is 15.3. The fourth-order valence-corrected chi connectivity index (χ4v) is 5.23. The first-order valence-electron chi connectivity index (χ1n) is 7.94. The topological polar surface area (TPSA) is 62.3 Å². The molecule has 1 aliphatic heterocycles. The van der Waals surface area contributed by atoms with E-state index in [1.807, 2.05) is 36.7 Å². The number of hydrogen-bond acceptors (Lipinski definition) is 5. The number of fused-ring (bicyclic) bond motifs is 1. The predicted molar refractivity (Wildman–Crippen MR) is 102 cm³/mol. The van der Waals surface area contributed by atoms with E-state index in [0.717, 1.165) is 27.6 Å². The van der Waals surface area contributed by atoms with Crippen LogP contribution in [0.5, 0.6) is 0 Å². The molecule has 128 valence electrons. The lowest BCUT2D eigenvalue weighted by Crippen LogP contribution is -2.29. The van der Waals surface area contributed by atoms with Gasteiger partial charge in [-0.1, -0.05) is 24.3 Å². The third-order valence-corrected chi connectivity index (χ3v) is 6.96. The van der Waals surface area contributed by atoms with Gasteiger partial charge in [0.15, 0.2) is 5.13 Å². The Morgan fingerprint density at radius 1 is 1.16 bits per heavy atom. The maximum absolute atomic E-state index is 12.9. The van der Waals surface area contributed by atoms with E-state index in [4.69, 9.17) is 0 Å². The molecule has 0 fully saturated rings. The molecule has 1 aromatic heterocycles. The van der Waals surface area contributed by atoms with Crippen LogP contribution < -0.4 is 9.62 Å². The zero-order chi connectivity index (χ0) is 17.4. The summed E-state index contributed by atoms with van der Waals surface area (Å²) in [6.45, 7) is 0.467. The molecular formula is C18H17N3O2S2. The van der Waals surface area contributed by atoms with Gasteiger partial charge in [-0.25, -0.2) is 13.4 Å². The Morgan fingerprint density at radius 3 is 2.68 bits per heavy atom. The molecule has 0 atom stereocenters. The van der Waals surface area contributed by atoms with E-state index >= 15 is 0 Å². The van der Waals surface area contributed by atoms with Gasteiger partial charge in [0.05, 0.1) is 16.3 Å². The van der Waals surface area contributed by atoms with Gasteiger partial charge in [-0.2, -0.15) is 0 Å². The predicted octanol–water partition coefficient (Wildman–Crippen LogP) is 3.60. The van der Waals surface area contributed by atoms with Crippen LogP contribution in [-0.4, -0.2) is 27.0 Å². The lowest BCUT2D eigenvalue weighted by Gasteiger charge is -2.19. The monoisotopic (exact) mass is 371 g/mol.